The van der Waals surface area contributed by atoms with E-state index < -0.39 is 0 Å². The Balaban J connectivity index is 1.86. The van der Waals surface area contributed by atoms with Crippen LogP contribution in [0.4, 0.5) is 0 Å². The number of carbonyl (C=O) groups is 1. The molecule has 2 atom stereocenters. The molecule has 0 saturated heterocycles. The average molecular weight is 265 g/mol. The minimum absolute atomic E-state index is 0.0577. The van der Waals surface area contributed by atoms with E-state index >= 15 is 0 Å². The molecule has 2 aromatic carbocycles. The largest absolute Gasteiger partial charge is 0.345 e. The maximum atomic E-state index is 12.3. The van der Waals surface area contributed by atoms with Crippen LogP contribution in [0.1, 0.15) is 30.5 Å². The molecule has 0 bridgehead atoms. The van der Waals surface area contributed by atoms with E-state index in [0.717, 1.165) is 17.5 Å². The lowest BCUT2D eigenvalue weighted by molar-refractivity contribution is -0.123. The predicted molar refractivity (Wildman–Crippen MR) is 80.1 cm³/mol. The van der Waals surface area contributed by atoms with Crippen LogP contribution in [-0.2, 0) is 4.79 Å². The summed E-state index contributed by atoms with van der Waals surface area (Å²) in [6, 6.07) is 20.2. The third-order valence-electron chi connectivity index (χ3n) is 4.00. The van der Waals surface area contributed by atoms with Gasteiger partial charge in [0.15, 0.2) is 0 Å². The molecule has 1 aliphatic rings. The number of hydrogen-bond acceptors (Lipinski definition) is 1. The average Bonchev–Trinajstić information content (AvgIpc) is 3.23. The highest BCUT2D eigenvalue weighted by atomic mass is 16.2. The molecule has 3 rings (SSSR count). The summed E-state index contributed by atoms with van der Waals surface area (Å²) in [6.45, 7) is 2.13. The highest BCUT2D eigenvalue weighted by molar-refractivity contribution is 5.82. The van der Waals surface area contributed by atoms with Gasteiger partial charge in [-0.2, -0.15) is 0 Å². The molecule has 1 N–H and O–H groups in total. The zero-order chi connectivity index (χ0) is 13.9. The summed E-state index contributed by atoms with van der Waals surface area (Å²) >= 11 is 0. The van der Waals surface area contributed by atoms with Crippen LogP contribution in [0.2, 0.25) is 0 Å². The number of nitrogens with one attached hydrogen (secondary N) is 1. The molecule has 0 spiro atoms. The SMILES string of the molecule is C[C@@H]1C[C@H]1C(=O)NC(c1ccccc1)c1ccccc1. The lowest BCUT2D eigenvalue weighted by atomic mass is 9.98. The molecule has 1 saturated carbocycles. The third kappa shape index (κ3) is 2.74. The first kappa shape index (κ1) is 12.9. The Morgan fingerprint density at radius 1 is 1.00 bits per heavy atom. The predicted octanol–water partition coefficient (Wildman–Crippen LogP) is 3.55. The van der Waals surface area contributed by atoms with Crippen molar-refractivity contribution < 1.29 is 4.79 Å². The Morgan fingerprint density at radius 3 is 1.85 bits per heavy atom. The van der Waals surface area contributed by atoms with Crippen LogP contribution in [0.25, 0.3) is 0 Å². The van der Waals surface area contributed by atoms with Gasteiger partial charge in [0.2, 0.25) is 5.91 Å². The van der Waals surface area contributed by atoms with Crippen LogP contribution in [0.5, 0.6) is 0 Å². The molecule has 0 heterocycles. The fourth-order valence-corrected chi connectivity index (χ4v) is 2.59. The summed E-state index contributed by atoms with van der Waals surface area (Å²) < 4.78 is 0. The highest BCUT2D eigenvalue weighted by Crippen LogP contribution is 2.38. The van der Waals surface area contributed by atoms with E-state index in [1.807, 2.05) is 36.4 Å². The van der Waals surface area contributed by atoms with E-state index in [9.17, 15) is 4.79 Å². The molecule has 1 aliphatic carbocycles. The standard InChI is InChI=1S/C18H19NO/c1-13-12-16(13)18(20)19-17(14-8-4-2-5-9-14)15-10-6-3-7-11-15/h2-11,13,16-17H,12H2,1H3,(H,19,20)/t13-,16-/m1/s1. The summed E-state index contributed by atoms with van der Waals surface area (Å²) in [5, 5.41) is 3.20. The molecular weight excluding hydrogens is 246 g/mol. The number of benzene rings is 2. The van der Waals surface area contributed by atoms with Gasteiger partial charge in [-0.25, -0.2) is 0 Å². The van der Waals surface area contributed by atoms with Gasteiger partial charge in [-0.1, -0.05) is 67.6 Å². The Bertz CT molecular complexity index is 539. The van der Waals surface area contributed by atoms with Gasteiger partial charge in [0.1, 0.15) is 0 Å². The fourth-order valence-electron chi connectivity index (χ4n) is 2.59. The second-order valence-electron chi connectivity index (χ2n) is 5.58. The van der Waals surface area contributed by atoms with Crippen molar-refractivity contribution in [2.45, 2.75) is 19.4 Å². The molecule has 102 valence electrons. The van der Waals surface area contributed by atoms with Crippen LogP contribution in [0, 0.1) is 11.8 Å². The lowest BCUT2D eigenvalue weighted by Crippen LogP contribution is -2.30. The van der Waals surface area contributed by atoms with Crippen LogP contribution >= 0.6 is 0 Å². The summed E-state index contributed by atoms with van der Waals surface area (Å²) in [7, 11) is 0. The first-order chi connectivity index (χ1) is 9.75. The number of rotatable bonds is 4. The van der Waals surface area contributed by atoms with E-state index in [2.05, 4.69) is 36.5 Å². The van der Waals surface area contributed by atoms with Crippen molar-refractivity contribution in [2.75, 3.05) is 0 Å². The summed E-state index contributed by atoms with van der Waals surface area (Å²) in [5.74, 6) is 0.905. The number of amides is 1. The van der Waals surface area contributed by atoms with Gasteiger partial charge in [0, 0.05) is 5.92 Å². The molecule has 2 heteroatoms. The van der Waals surface area contributed by atoms with E-state index in [0.29, 0.717) is 5.92 Å². The summed E-state index contributed by atoms with van der Waals surface area (Å²) in [5.41, 5.74) is 2.25. The normalized spacial score (nSPS) is 20.7. The smallest absolute Gasteiger partial charge is 0.224 e. The number of carbonyl (C=O) groups excluding carboxylic acids is 1. The highest BCUT2D eigenvalue weighted by Gasteiger charge is 2.39. The minimum Gasteiger partial charge on any atom is -0.345 e. The van der Waals surface area contributed by atoms with E-state index in [4.69, 9.17) is 0 Å². The molecule has 0 aliphatic heterocycles. The Hall–Kier alpha value is -2.09. The van der Waals surface area contributed by atoms with Crippen molar-refractivity contribution in [3.05, 3.63) is 71.8 Å². The fraction of sp³-hybridized carbons (Fsp3) is 0.278. The van der Waals surface area contributed by atoms with E-state index in [-0.39, 0.29) is 17.9 Å². The Morgan fingerprint density at radius 2 is 1.45 bits per heavy atom. The lowest BCUT2D eigenvalue weighted by Gasteiger charge is -2.20. The molecule has 2 nitrogen and oxygen atoms in total. The minimum atomic E-state index is -0.0577. The molecule has 0 radical (unpaired) electrons. The van der Waals surface area contributed by atoms with Crippen LogP contribution in [0.15, 0.2) is 60.7 Å². The molecule has 0 unspecified atom stereocenters. The molecule has 1 fully saturated rings. The van der Waals surface area contributed by atoms with Gasteiger partial charge in [-0.3, -0.25) is 4.79 Å². The molecular formula is C18H19NO. The van der Waals surface area contributed by atoms with Crippen LogP contribution in [-0.4, -0.2) is 5.91 Å². The Kier molecular flexibility index (Phi) is 3.55. The maximum absolute atomic E-state index is 12.3. The molecule has 2 aromatic rings. The molecule has 20 heavy (non-hydrogen) atoms. The maximum Gasteiger partial charge on any atom is 0.224 e. The topological polar surface area (TPSA) is 29.1 Å². The van der Waals surface area contributed by atoms with Gasteiger partial charge < -0.3 is 5.32 Å². The zero-order valence-corrected chi connectivity index (χ0v) is 11.6. The van der Waals surface area contributed by atoms with Gasteiger partial charge in [0.05, 0.1) is 6.04 Å². The van der Waals surface area contributed by atoms with Crippen molar-refractivity contribution in [1.29, 1.82) is 0 Å². The van der Waals surface area contributed by atoms with Crippen molar-refractivity contribution in [1.82, 2.24) is 5.32 Å². The van der Waals surface area contributed by atoms with E-state index in [1.165, 1.54) is 0 Å². The van der Waals surface area contributed by atoms with E-state index in [1.54, 1.807) is 0 Å². The van der Waals surface area contributed by atoms with Gasteiger partial charge in [-0.15, -0.1) is 0 Å². The summed E-state index contributed by atoms with van der Waals surface area (Å²) in [4.78, 5) is 12.3. The monoisotopic (exact) mass is 265 g/mol. The van der Waals surface area contributed by atoms with Crippen molar-refractivity contribution in [3.63, 3.8) is 0 Å². The van der Waals surface area contributed by atoms with Gasteiger partial charge in [-0.05, 0) is 23.5 Å². The van der Waals surface area contributed by atoms with Crippen molar-refractivity contribution in [3.8, 4) is 0 Å². The second kappa shape index (κ2) is 5.49. The zero-order valence-electron chi connectivity index (χ0n) is 11.6. The third-order valence-corrected chi connectivity index (χ3v) is 4.00. The molecule has 1 amide bonds. The van der Waals surface area contributed by atoms with Crippen molar-refractivity contribution >= 4 is 5.91 Å². The van der Waals surface area contributed by atoms with Crippen LogP contribution in [0.3, 0.4) is 0 Å². The van der Waals surface area contributed by atoms with Gasteiger partial charge >= 0.3 is 0 Å². The Labute approximate surface area is 119 Å². The molecule has 0 aromatic heterocycles. The second-order valence-corrected chi connectivity index (χ2v) is 5.58. The first-order valence-electron chi connectivity index (χ1n) is 7.16. The van der Waals surface area contributed by atoms with Crippen LogP contribution < -0.4 is 5.32 Å². The number of hydrogen-bond donors (Lipinski definition) is 1. The quantitative estimate of drug-likeness (QED) is 0.900. The first-order valence-corrected chi connectivity index (χ1v) is 7.16. The van der Waals surface area contributed by atoms with Crippen molar-refractivity contribution in [2.24, 2.45) is 11.8 Å². The summed E-state index contributed by atoms with van der Waals surface area (Å²) in [6.07, 6.45) is 1.02. The van der Waals surface area contributed by atoms with Gasteiger partial charge in [0.25, 0.3) is 0 Å².